The SMILES string of the molecule is Cc1ccc(NCCOCC(C)C)c(F)c1. The lowest BCUT2D eigenvalue weighted by Gasteiger charge is -2.09. The molecule has 0 aromatic heterocycles. The van der Waals surface area contributed by atoms with Gasteiger partial charge in [0.05, 0.1) is 12.3 Å². The van der Waals surface area contributed by atoms with Crippen LogP contribution in [0.2, 0.25) is 0 Å². The molecule has 0 unspecified atom stereocenters. The number of rotatable bonds is 6. The Hall–Kier alpha value is -1.09. The topological polar surface area (TPSA) is 21.3 Å². The molecule has 0 heterocycles. The monoisotopic (exact) mass is 225 g/mol. The van der Waals surface area contributed by atoms with Gasteiger partial charge in [-0.05, 0) is 30.5 Å². The minimum absolute atomic E-state index is 0.205. The second-order valence-electron chi connectivity index (χ2n) is 4.38. The van der Waals surface area contributed by atoms with Gasteiger partial charge in [0.1, 0.15) is 5.82 Å². The number of hydrogen-bond acceptors (Lipinski definition) is 2. The normalized spacial score (nSPS) is 10.8. The highest BCUT2D eigenvalue weighted by Crippen LogP contribution is 2.14. The molecular weight excluding hydrogens is 205 g/mol. The summed E-state index contributed by atoms with van der Waals surface area (Å²) in [6, 6.07) is 5.17. The Morgan fingerprint density at radius 1 is 1.38 bits per heavy atom. The molecule has 0 saturated heterocycles. The predicted octanol–water partition coefficient (Wildman–Crippen LogP) is 3.22. The van der Waals surface area contributed by atoms with Crippen LogP contribution in [0.25, 0.3) is 0 Å². The van der Waals surface area contributed by atoms with Gasteiger partial charge in [0.15, 0.2) is 0 Å². The van der Waals surface area contributed by atoms with Gasteiger partial charge < -0.3 is 10.1 Å². The van der Waals surface area contributed by atoms with Crippen LogP contribution in [-0.4, -0.2) is 19.8 Å². The molecule has 1 aromatic rings. The zero-order valence-corrected chi connectivity index (χ0v) is 10.2. The summed E-state index contributed by atoms with van der Waals surface area (Å²) < 4.78 is 18.8. The largest absolute Gasteiger partial charge is 0.380 e. The molecule has 0 aliphatic carbocycles. The van der Waals surface area contributed by atoms with Gasteiger partial charge in [-0.3, -0.25) is 0 Å². The minimum Gasteiger partial charge on any atom is -0.380 e. The highest BCUT2D eigenvalue weighted by Gasteiger charge is 2.00. The number of anilines is 1. The third-order valence-corrected chi connectivity index (χ3v) is 2.14. The molecule has 0 radical (unpaired) electrons. The van der Waals surface area contributed by atoms with Gasteiger partial charge in [-0.25, -0.2) is 4.39 Å². The molecule has 0 fully saturated rings. The third-order valence-electron chi connectivity index (χ3n) is 2.14. The summed E-state index contributed by atoms with van der Waals surface area (Å²) in [5, 5.41) is 3.01. The van der Waals surface area contributed by atoms with E-state index in [2.05, 4.69) is 19.2 Å². The number of halogens is 1. The van der Waals surface area contributed by atoms with Gasteiger partial charge in [0, 0.05) is 13.2 Å². The standard InChI is InChI=1S/C13H20FNO/c1-10(2)9-16-7-6-15-13-5-4-11(3)8-12(13)14/h4-5,8,10,15H,6-7,9H2,1-3H3. The maximum Gasteiger partial charge on any atom is 0.146 e. The van der Waals surface area contributed by atoms with Crippen molar-refractivity contribution in [2.24, 2.45) is 5.92 Å². The molecule has 16 heavy (non-hydrogen) atoms. The van der Waals surface area contributed by atoms with E-state index in [0.29, 0.717) is 24.8 Å². The van der Waals surface area contributed by atoms with Crippen molar-refractivity contribution in [1.82, 2.24) is 0 Å². The van der Waals surface area contributed by atoms with Gasteiger partial charge in [-0.1, -0.05) is 19.9 Å². The lowest BCUT2D eigenvalue weighted by atomic mass is 10.2. The molecule has 1 rings (SSSR count). The fraction of sp³-hybridized carbons (Fsp3) is 0.538. The first-order valence-electron chi connectivity index (χ1n) is 5.67. The average Bonchev–Trinajstić information content (AvgIpc) is 2.20. The summed E-state index contributed by atoms with van der Waals surface area (Å²) in [5.41, 5.74) is 1.47. The number of benzene rings is 1. The predicted molar refractivity (Wildman–Crippen MR) is 65.3 cm³/mol. The van der Waals surface area contributed by atoms with Crippen molar-refractivity contribution in [3.8, 4) is 0 Å². The van der Waals surface area contributed by atoms with Gasteiger partial charge in [-0.15, -0.1) is 0 Å². The Labute approximate surface area is 96.8 Å². The maximum atomic E-state index is 13.4. The highest BCUT2D eigenvalue weighted by atomic mass is 19.1. The Morgan fingerprint density at radius 3 is 2.75 bits per heavy atom. The molecule has 3 heteroatoms. The van der Waals surface area contributed by atoms with Crippen molar-refractivity contribution in [3.63, 3.8) is 0 Å². The van der Waals surface area contributed by atoms with E-state index in [1.54, 1.807) is 6.07 Å². The second-order valence-corrected chi connectivity index (χ2v) is 4.38. The molecule has 2 nitrogen and oxygen atoms in total. The van der Waals surface area contributed by atoms with Crippen LogP contribution < -0.4 is 5.32 Å². The van der Waals surface area contributed by atoms with E-state index >= 15 is 0 Å². The van der Waals surface area contributed by atoms with Crippen molar-refractivity contribution in [2.75, 3.05) is 25.1 Å². The first-order chi connectivity index (χ1) is 7.59. The molecule has 0 amide bonds. The number of hydrogen-bond donors (Lipinski definition) is 1. The van der Waals surface area contributed by atoms with Crippen LogP contribution in [0, 0.1) is 18.7 Å². The third kappa shape index (κ3) is 4.62. The average molecular weight is 225 g/mol. The van der Waals surface area contributed by atoms with Crippen LogP contribution in [0.15, 0.2) is 18.2 Å². The van der Waals surface area contributed by atoms with Crippen molar-refractivity contribution >= 4 is 5.69 Å². The molecule has 0 saturated carbocycles. The summed E-state index contributed by atoms with van der Waals surface area (Å²) >= 11 is 0. The number of aryl methyl sites for hydroxylation is 1. The van der Waals surface area contributed by atoms with Crippen molar-refractivity contribution in [2.45, 2.75) is 20.8 Å². The van der Waals surface area contributed by atoms with E-state index in [-0.39, 0.29) is 5.82 Å². The van der Waals surface area contributed by atoms with Gasteiger partial charge in [0.25, 0.3) is 0 Å². The first-order valence-corrected chi connectivity index (χ1v) is 5.67. The van der Waals surface area contributed by atoms with E-state index in [9.17, 15) is 4.39 Å². The smallest absolute Gasteiger partial charge is 0.146 e. The zero-order valence-electron chi connectivity index (χ0n) is 10.2. The molecule has 1 N–H and O–H groups in total. The van der Waals surface area contributed by atoms with E-state index < -0.39 is 0 Å². The van der Waals surface area contributed by atoms with Crippen LogP contribution >= 0.6 is 0 Å². The summed E-state index contributed by atoms with van der Waals surface area (Å²) in [7, 11) is 0. The van der Waals surface area contributed by atoms with Gasteiger partial charge >= 0.3 is 0 Å². The Bertz CT molecular complexity index is 326. The van der Waals surface area contributed by atoms with Crippen LogP contribution in [-0.2, 0) is 4.74 Å². The summed E-state index contributed by atoms with van der Waals surface area (Å²) in [4.78, 5) is 0. The van der Waals surface area contributed by atoms with E-state index in [0.717, 1.165) is 12.2 Å². The molecule has 0 bridgehead atoms. The number of ether oxygens (including phenoxy) is 1. The van der Waals surface area contributed by atoms with E-state index in [4.69, 9.17) is 4.74 Å². The van der Waals surface area contributed by atoms with E-state index in [1.807, 2.05) is 13.0 Å². The van der Waals surface area contributed by atoms with Crippen LogP contribution in [0.4, 0.5) is 10.1 Å². The second kappa shape index (κ2) is 6.48. The molecule has 90 valence electrons. The Morgan fingerprint density at radius 2 is 2.12 bits per heavy atom. The maximum absolute atomic E-state index is 13.4. The Balaban J connectivity index is 2.27. The molecule has 0 spiro atoms. The quantitative estimate of drug-likeness (QED) is 0.750. The van der Waals surface area contributed by atoms with Gasteiger partial charge in [-0.2, -0.15) is 0 Å². The fourth-order valence-electron chi connectivity index (χ4n) is 1.34. The van der Waals surface area contributed by atoms with Crippen LogP contribution in [0.3, 0.4) is 0 Å². The van der Waals surface area contributed by atoms with Gasteiger partial charge in [0.2, 0.25) is 0 Å². The van der Waals surface area contributed by atoms with Crippen LogP contribution in [0.1, 0.15) is 19.4 Å². The van der Waals surface area contributed by atoms with Crippen molar-refractivity contribution < 1.29 is 9.13 Å². The first kappa shape index (κ1) is 13.0. The highest BCUT2D eigenvalue weighted by molar-refractivity contribution is 5.45. The van der Waals surface area contributed by atoms with Crippen LogP contribution in [0.5, 0.6) is 0 Å². The molecular formula is C13H20FNO. The Kier molecular flexibility index (Phi) is 5.26. The lowest BCUT2D eigenvalue weighted by molar-refractivity contribution is 0.118. The molecule has 0 aliphatic rings. The van der Waals surface area contributed by atoms with Crippen molar-refractivity contribution in [1.29, 1.82) is 0 Å². The zero-order chi connectivity index (χ0) is 12.0. The summed E-state index contributed by atoms with van der Waals surface area (Å²) in [6.07, 6.45) is 0. The minimum atomic E-state index is -0.205. The lowest BCUT2D eigenvalue weighted by Crippen LogP contribution is -2.12. The van der Waals surface area contributed by atoms with Crippen molar-refractivity contribution in [3.05, 3.63) is 29.6 Å². The molecule has 1 aromatic carbocycles. The summed E-state index contributed by atoms with van der Waals surface area (Å²) in [5.74, 6) is 0.333. The fourth-order valence-corrected chi connectivity index (χ4v) is 1.34. The molecule has 0 atom stereocenters. The molecule has 0 aliphatic heterocycles. The summed E-state index contributed by atoms with van der Waals surface area (Å²) in [6.45, 7) is 8.06. The van der Waals surface area contributed by atoms with E-state index in [1.165, 1.54) is 6.07 Å². The number of nitrogens with one attached hydrogen (secondary N) is 1.